The highest BCUT2D eigenvalue weighted by atomic mass is 16.2. The van der Waals surface area contributed by atoms with Crippen LogP contribution >= 0.6 is 0 Å². The van der Waals surface area contributed by atoms with Crippen molar-refractivity contribution >= 4 is 23.3 Å². The number of anilines is 1. The number of ketones is 1. The maximum atomic E-state index is 12.3. The van der Waals surface area contributed by atoms with Gasteiger partial charge >= 0.3 is 0 Å². The molecule has 0 radical (unpaired) electrons. The van der Waals surface area contributed by atoms with E-state index in [0.717, 1.165) is 29.9 Å². The Kier molecular flexibility index (Phi) is 6.42. The third-order valence-electron chi connectivity index (χ3n) is 4.89. The number of rotatable bonds is 6. The second-order valence-corrected chi connectivity index (χ2v) is 6.97. The highest BCUT2D eigenvalue weighted by Crippen LogP contribution is 2.15. The molecule has 3 rings (SSSR count). The first-order valence-electron chi connectivity index (χ1n) is 9.47. The minimum Gasteiger partial charge on any atom is -0.368 e. The van der Waals surface area contributed by atoms with Crippen LogP contribution in [-0.2, 0) is 20.8 Å². The molecule has 2 aromatic carbocycles. The number of amides is 2. The number of Topliss-reactive ketones (excluding diaryl/α,β-unsaturated/α-hetero) is 1. The minimum absolute atomic E-state index is 0.0378. The van der Waals surface area contributed by atoms with Crippen LogP contribution in [0.15, 0.2) is 54.6 Å². The smallest absolute Gasteiger partial charge is 0.288 e. The lowest BCUT2D eigenvalue weighted by atomic mass is 10.1. The van der Waals surface area contributed by atoms with Gasteiger partial charge in [0, 0.05) is 38.3 Å². The molecule has 0 aliphatic carbocycles. The Hall–Kier alpha value is -3.15. The lowest BCUT2D eigenvalue weighted by Gasteiger charge is -2.36. The van der Waals surface area contributed by atoms with Crippen LogP contribution < -0.4 is 10.2 Å². The molecule has 1 fully saturated rings. The lowest BCUT2D eigenvalue weighted by molar-refractivity contribution is -0.139. The zero-order valence-corrected chi connectivity index (χ0v) is 16.1. The van der Waals surface area contributed by atoms with E-state index in [1.807, 2.05) is 49.4 Å². The normalized spacial score (nSPS) is 13.9. The van der Waals surface area contributed by atoms with E-state index < -0.39 is 11.7 Å². The van der Waals surface area contributed by atoms with Crippen molar-refractivity contribution in [2.45, 2.75) is 13.3 Å². The summed E-state index contributed by atoms with van der Waals surface area (Å²) in [6.45, 7) is 4.50. The maximum Gasteiger partial charge on any atom is 0.288 e. The summed E-state index contributed by atoms with van der Waals surface area (Å²) < 4.78 is 0. The topological polar surface area (TPSA) is 69.7 Å². The van der Waals surface area contributed by atoms with Gasteiger partial charge in [-0.15, -0.1) is 0 Å². The van der Waals surface area contributed by atoms with E-state index in [1.54, 1.807) is 4.90 Å². The van der Waals surface area contributed by atoms with E-state index in [0.29, 0.717) is 13.1 Å². The maximum absolute atomic E-state index is 12.3. The fraction of sp³-hybridized carbons (Fsp3) is 0.318. The molecular weight excluding hydrogens is 354 g/mol. The molecule has 6 nitrogen and oxygen atoms in total. The standard InChI is InChI=1S/C22H25N3O3/c1-17-7-9-18(10-8-17)15-20(26)22(28)23-16-21(27)25-13-11-24(12-14-25)19-5-3-2-4-6-19/h2-10H,11-16H2,1H3,(H,23,28). The van der Waals surface area contributed by atoms with Crippen LogP contribution in [0.3, 0.4) is 0 Å². The predicted molar refractivity (Wildman–Crippen MR) is 108 cm³/mol. The van der Waals surface area contributed by atoms with Crippen molar-refractivity contribution in [3.63, 3.8) is 0 Å². The molecule has 0 unspecified atom stereocenters. The third-order valence-corrected chi connectivity index (χ3v) is 4.89. The first-order chi connectivity index (χ1) is 13.5. The van der Waals surface area contributed by atoms with Crippen molar-refractivity contribution in [3.05, 3.63) is 65.7 Å². The Morgan fingerprint density at radius 2 is 1.54 bits per heavy atom. The molecule has 6 heteroatoms. The number of piperazine rings is 1. The molecule has 0 spiro atoms. The molecule has 146 valence electrons. The molecule has 1 heterocycles. The molecule has 28 heavy (non-hydrogen) atoms. The molecule has 1 aliphatic rings. The first kappa shape index (κ1) is 19.6. The number of hydrogen-bond acceptors (Lipinski definition) is 4. The van der Waals surface area contributed by atoms with E-state index in [-0.39, 0.29) is 18.9 Å². The second kappa shape index (κ2) is 9.17. The van der Waals surface area contributed by atoms with E-state index in [2.05, 4.69) is 22.3 Å². The fourth-order valence-electron chi connectivity index (χ4n) is 3.19. The van der Waals surface area contributed by atoms with E-state index >= 15 is 0 Å². The van der Waals surface area contributed by atoms with E-state index in [9.17, 15) is 14.4 Å². The number of nitrogens with zero attached hydrogens (tertiary/aromatic N) is 2. The molecule has 2 aromatic rings. The number of nitrogens with one attached hydrogen (secondary N) is 1. The average Bonchev–Trinajstić information content (AvgIpc) is 2.74. The van der Waals surface area contributed by atoms with Gasteiger partial charge in [0.05, 0.1) is 6.54 Å². The van der Waals surface area contributed by atoms with Crippen LogP contribution in [0.1, 0.15) is 11.1 Å². The lowest BCUT2D eigenvalue weighted by Crippen LogP contribution is -2.51. The minimum atomic E-state index is -0.711. The van der Waals surface area contributed by atoms with Gasteiger partial charge in [-0.25, -0.2) is 0 Å². The quantitative estimate of drug-likeness (QED) is 0.774. The Balaban J connectivity index is 1.42. The van der Waals surface area contributed by atoms with Gasteiger partial charge in [-0.1, -0.05) is 48.0 Å². The Bertz CT molecular complexity index is 826. The predicted octanol–water partition coefficient (Wildman–Crippen LogP) is 1.57. The Morgan fingerprint density at radius 1 is 0.893 bits per heavy atom. The van der Waals surface area contributed by atoms with Gasteiger partial charge < -0.3 is 15.1 Å². The van der Waals surface area contributed by atoms with Crippen molar-refractivity contribution in [3.8, 4) is 0 Å². The van der Waals surface area contributed by atoms with E-state index in [4.69, 9.17) is 0 Å². The van der Waals surface area contributed by atoms with Crippen LogP contribution in [-0.4, -0.2) is 55.2 Å². The molecule has 1 aliphatic heterocycles. The van der Waals surface area contributed by atoms with Gasteiger partial charge in [0.2, 0.25) is 11.7 Å². The molecule has 0 bridgehead atoms. The van der Waals surface area contributed by atoms with Gasteiger partial charge in [0.1, 0.15) is 0 Å². The van der Waals surface area contributed by atoms with Gasteiger partial charge in [-0.2, -0.15) is 0 Å². The first-order valence-corrected chi connectivity index (χ1v) is 9.47. The molecule has 1 saturated heterocycles. The summed E-state index contributed by atoms with van der Waals surface area (Å²) in [4.78, 5) is 40.3. The Morgan fingerprint density at radius 3 is 2.18 bits per heavy atom. The highest BCUT2D eigenvalue weighted by molar-refractivity contribution is 6.36. The van der Waals surface area contributed by atoms with Crippen LogP contribution in [0.5, 0.6) is 0 Å². The second-order valence-electron chi connectivity index (χ2n) is 6.97. The van der Waals surface area contributed by atoms with Gasteiger partial charge in [0.15, 0.2) is 0 Å². The number of carbonyl (C=O) groups excluding carboxylic acids is 3. The SMILES string of the molecule is Cc1ccc(CC(=O)C(=O)NCC(=O)N2CCN(c3ccccc3)CC2)cc1. The van der Waals surface area contributed by atoms with Crippen molar-refractivity contribution < 1.29 is 14.4 Å². The molecule has 1 N–H and O–H groups in total. The van der Waals surface area contributed by atoms with Gasteiger partial charge in [0.25, 0.3) is 5.91 Å². The summed E-state index contributed by atoms with van der Waals surface area (Å²) in [7, 11) is 0. The van der Waals surface area contributed by atoms with Gasteiger partial charge in [-0.3, -0.25) is 14.4 Å². The summed E-state index contributed by atoms with van der Waals surface area (Å²) in [5.74, 6) is -1.41. The third kappa shape index (κ3) is 5.19. The number of para-hydroxylation sites is 1. The summed E-state index contributed by atoms with van der Waals surface area (Å²) in [6.07, 6.45) is 0.0378. The number of benzene rings is 2. The molecule has 2 amide bonds. The highest BCUT2D eigenvalue weighted by Gasteiger charge is 2.22. The summed E-state index contributed by atoms with van der Waals surface area (Å²) in [5, 5.41) is 2.46. The molecule has 0 saturated carbocycles. The fourth-order valence-corrected chi connectivity index (χ4v) is 3.19. The number of carbonyl (C=O) groups is 3. The van der Waals surface area contributed by atoms with Crippen molar-refractivity contribution in [2.75, 3.05) is 37.6 Å². The monoisotopic (exact) mass is 379 g/mol. The van der Waals surface area contributed by atoms with Crippen LogP contribution in [0.2, 0.25) is 0 Å². The largest absolute Gasteiger partial charge is 0.368 e. The summed E-state index contributed by atoms with van der Waals surface area (Å²) in [6, 6.07) is 17.5. The van der Waals surface area contributed by atoms with Crippen molar-refractivity contribution in [1.29, 1.82) is 0 Å². The zero-order valence-electron chi connectivity index (χ0n) is 16.1. The molecule has 0 atom stereocenters. The van der Waals surface area contributed by atoms with Crippen LogP contribution in [0.4, 0.5) is 5.69 Å². The molecule has 0 aromatic heterocycles. The number of hydrogen-bond donors (Lipinski definition) is 1. The van der Waals surface area contributed by atoms with Crippen LogP contribution in [0.25, 0.3) is 0 Å². The van der Waals surface area contributed by atoms with Gasteiger partial charge in [-0.05, 0) is 24.6 Å². The van der Waals surface area contributed by atoms with Crippen molar-refractivity contribution in [2.24, 2.45) is 0 Å². The number of aryl methyl sites for hydroxylation is 1. The zero-order chi connectivity index (χ0) is 19.9. The summed E-state index contributed by atoms with van der Waals surface area (Å²) in [5.41, 5.74) is 3.03. The van der Waals surface area contributed by atoms with Crippen LogP contribution in [0, 0.1) is 6.92 Å². The van der Waals surface area contributed by atoms with E-state index in [1.165, 1.54) is 0 Å². The van der Waals surface area contributed by atoms with Crippen molar-refractivity contribution in [1.82, 2.24) is 10.2 Å². The summed E-state index contributed by atoms with van der Waals surface area (Å²) >= 11 is 0. The molecular formula is C22H25N3O3. The average molecular weight is 379 g/mol. The Labute approximate surface area is 165 Å².